The molecule has 1 fully saturated rings. The molecule has 0 bridgehead atoms. The molecule has 1 atom stereocenters. The number of hydrogen-bond donors (Lipinski definition) is 2. The zero-order chi connectivity index (χ0) is 17.8. The molecular formula is C21H22O4. The number of aromatic hydroxyl groups is 2. The first-order valence-electron chi connectivity index (χ1n) is 8.47. The average Bonchev–Trinajstić information content (AvgIpc) is 2.64. The van der Waals surface area contributed by atoms with Crippen molar-refractivity contribution in [1.29, 1.82) is 0 Å². The van der Waals surface area contributed by atoms with Gasteiger partial charge in [-0.05, 0) is 66.6 Å². The maximum absolute atomic E-state index is 12.0. The molecule has 2 aromatic rings. The van der Waals surface area contributed by atoms with Gasteiger partial charge >= 0.3 is 5.97 Å². The van der Waals surface area contributed by atoms with Crippen molar-refractivity contribution in [2.24, 2.45) is 5.92 Å². The highest BCUT2D eigenvalue weighted by molar-refractivity contribution is 5.83. The lowest BCUT2D eigenvalue weighted by molar-refractivity contribution is -0.146. The molecule has 4 nitrogen and oxygen atoms in total. The highest BCUT2D eigenvalue weighted by atomic mass is 16.5. The fourth-order valence-electron chi connectivity index (χ4n) is 3.49. The molecule has 130 valence electrons. The van der Waals surface area contributed by atoms with Crippen LogP contribution in [0.4, 0.5) is 0 Å². The summed E-state index contributed by atoms with van der Waals surface area (Å²) in [6.07, 6.45) is 3.37. The smallest absolute Gasteiger partial charge is 0.308 e. The molecule has 2 aromatic carbocycles. The van der Waals surface area contributed by atoms with Crippen LogP contribution in [0.2, 0.25) is 0 Å². The minimum atomic E-state index is -0.159. The molecule has 0 aliphatic heterocycles. The number of methoxy groups -OCH3 is 1. The van der Waals surface area contributed by atoms with E-state index in [2.05, 4.69) is 0 Å². The monoisotopic (exact) mass is 337 g/mol. The molecule has 0 saturated heterocycles. The van der Waals surface area contributed by atoms with E-state index in [0.717, 1.165) is 36.0 Å². The number of hydrogen-bond acceptors (Lipinski definition) is 4. The first-order valence-corrected chi connectivity index (χ1v) is 8.47. The highest BCUT2D eigenvalue weighted by Crippen LogP contribution is 2.38. The normalized spacial score (nSPS) is 17.2. The third-order valence-electron chi connectivity index (χ3n) is 4.72. The van der Waals surface area contributed by atoms with E-state index in [1.54, 1.807) is 24.3 Å². The predicted molar refractivity (Wildman–Crippen MR) is 96.2 cm³/mol. The summed E-state index contributed by atoms with van der Waals surface area (Å²) in [5.41, 5.74) is 4.25. The molecule has 25 heavy (non-hydrogen) atoms. The van der Waals surface area contributed by atoms with Gasteiger partial charge in [0, 0.05) is 0 Å². The Hall–Kier alpha value is -2.75. The van der Waals surface area contributed by atoms with Crippen LogP contribution in [0, 0.1) is 5.92 Å². The first-order chi connectivity index (χ1) is 12.1. The zero-order valence-corrected chi connectivity index (χ0v) is 14.2. The van der Waals surface area contributed by atoms with Crippen molar-refractivity contribution in [1.82, 2.24) is 0 Å². The lowest BCUT2D eigenvalue weighted by Crippen LogP contribution is -2.20. The van der Waals surface area contributed by atoms with Gasteiger partial charge in [-0.2, -0.15) is 0 Å². The van der Waals surface area contributed by atoms with E-state index in [9.17, 15) is 15.0 Å². The van der Waals surface area contributed by atoms with Gasteiger partial charge < -0.3 is 14.9 Å². The molecular weight excluding hydrogens is 315 g/mol. The molecule has 0 heterocycles. The Balaban J connectivity index is 2.07. The molecule has 1 saturated carbocycles. The van der Waals surface area contributed by atoms with Crippen molar-refractivity contribution in [2.45, 2.75) is 25.7 Å². The second-order valence-corrected chi connectivity index (χ2v) is 6.39. The van der Waals surface area contributed by atoms with Gasteiger partial charge in [0.2, 0.25) is 0 Å². The van der Waals surface area contributed by atoms with Gasteiger partial charge in [0.25, 0.3) is 0 Å². The summed E-state index contributed by atoms with van der Waals surface area (Å²) in [6.45, 7) is 0. The van der Waals surface area contributed by atoms with E-state index in [-0.39, 0.29) is 23.4 Å². The molecule has 1 aliphatic carbocycles. The molecule has 1 unspecified atom stereocenters. The van der Waals surface area contributed by atoms with Crippen LogP contribution in [0.1, 0.15) is 36.8 Å². The number of carbonyl (C=O) groups is 1. The number of benzene rings is 2. The number of phenols is 2. The summed E-state index contributed by atoms with van der Waals surface area (Å²) in [5, 5.41) is 19.2. The maximum Gasteiger partial charge on any atom is 0.308 e. The van der Waals surface area contributed by atoms with Crippen molar-refractivity contribution in [3.63, 3.8) is 0 Å². The van der Waals surface area contributed by atoms with Crippen molar-refractivity contribution in [3.05, 3.63) is 65.2 Å². The van der Waals surface area contributed by atoms with Crippen LogP contribution in [-0.2, 0) is 9.53 Å². The topological polar surface area (TPSA) is 66.8 Å². The van der Waals surface area contributed by atoms with Gasteiger partial charge in [0.15, 0.2) is 0 Å². The molecule has 0 spiro atoms. The van der Waals surface area contributed by atoms with E-state index in [1.165, 1.54) is 12.7 Å². The Labute approximate surface area is 147 Å². The van der Waals surface area contributed by atoms with Gasteiger partial charge in [-0.1, -0.05) is 29.8 Å². The van der Waals surface area contributed by atoms with Gasteiger partial charge in [-0.25, -0.2) is 0 Å². The Morgan fingerprint density at radius 3 is 1.96 bits per heavy atom. The molecule has 3 rings (SSSR count). The summed E-state index contributed by atoms with van der Waals surface area (Å²) in [6, 6.07) is 14.2. The van der Waals surface area contributed by atoms with E-state index in [0.29, 0.717) is 6.42 Å². The van der Waals surface area contributed by atoms with Gasteiger partial charge in [0.05, 0.1) is 13.0 Å². The zero-order valence-electron chi connectivity index (χ0n) is 14.2. The van der Waals surface area contributed by atoms with Crippen molar-refractivity contribution >= 4 is 11.5 Å². The lowest BCUT2D eigenvalue weighted by Gasteiger charge is -2.25. The number of phenolic OH excluding ortho intramolecular Hbond substituents is 2. The van der Waals surface area contributed by atoms with Gasteiger partial charge in [-0.3, -0.25) is 4.79 Å². The SMILES string of the molecule is [11CH3]OC(=O)C1CCCC(=C(c2ccc(O)cc2)c2ccc(O)cc2)C1. The van der Waals surface area contributed by atoms with Crippen LogP contribution in [0.25, 0.3) is 5.57 Å². The van der Waals surface area contributed by atoms with Crippen molar-refractivity contribution in [2.75, 3.05) is 7.11 Å². The Kier molecular flexibility index (Phi) is 5.08. The highest BCUT2D eigenvalue weighted by Gasteiger charge is 2.26. The van der Waals surface area contributed by atoms with E-state index in [1.807, 2.05) is 24.3 Å². The molecule has 0 aromatic heterocycles. The average molecular weight is 337 g/mol. The Morgan fingerprint density at radius 1 is 0.960 bits per heavy atom. The van der Waals surface area contributed by atoms with Crippen LogP contribution >= 0.6 is 0 Å². The van der Waals surface area contributed by atoms with Crippen LogP contribution in [0.5, 0.6) is 11.5 Å². The first kappa shape index (κ1) is 17.1. The van der Waals surface area contributed by atoms with Gasteiger partial charge in [-0.15, -0.1) is 0 Å². The van der Waals surface area contributed by atoms with Crippen LogP contribution < -0.4 is 0 Å². The minimum Gasteiger partial charge on any atom is -0.508 e. The third kappa shape index (κ3) is 3.85. The molecule has 1 aliphatic rings. The van der Waals surface area contributed by atoms with Gasteiger partial charge in [0.1, 0.15) is 11.5 Å². The fraction of sp³-hybridized carbons (Fsp3) is 0.286. The van der Waals surface area contributed by atoms with E-state index in [4.69, 9.17) is 4.74 Å². The maximum atomic E-state index is 12.0. The molecule has 4 heteroatoms. The van der Waals surface area contributed by atoms with E-state index < -0.39 is 0 Å². The standard InChI is InChI=1S/C21H22O4/c1-25-21(24)17-4-2-3-16(13-17)20(14-5-9-18(22)10-6-14)15-7-11-19(23)12-8-15/h5-12,17,22-23H,2-4,13H2,1H3/i1-1. The number of rotatable bonds is 3. The predicted octanol–water partition coefficient (Wildman–Crippen LogP) is 4.26. The van der Waals surface area contributed by atoms with Crippen molar-refractivity contribution < 1.29 is 19.7 Å². The number of carbonyl (C=O) groups excluding carboxylic acids is 1. The molecule has 0 amide bonds. The molecule has 0 radical (unpaired) electrons. The molecule has 2 N–H and O–H groups in total. The second-order valence-electron chi connectivity index (χ2n) is 6.39. The third-order valence-corrected chi connectivity index (χ3v) is 4.72. The van der Waals surface area contributed by atoms with Crippen LogP contribution in [-0.4, -0.2) is 23.3 Å². The second kappa shape index (κ2) is 7.43. The quantitative estimate of drug-likeness (QED) is 0.821. The van der Waals surface area contributed by atoms with Crippen molar-refractivity contribution in [3.8, 4) is 11.5 Å². The summed E-state index contributed by atoms with van der Waals surface area (Å²) in [4.78, 5) is 12.0. The Morgan fingerprint density at radius 2 is 1.48 bits per heavy atom. The fourth-order valence-corrected chi connectivity index (χ4v) is 3.49. The summed E-state index contributed by atoms with van der Waals surface area (Å²) in [7, 11) is 1.43. The summed E-state index contributed by atoms with van der Waals surface area (Å²) >= 11 is 0. The Bertz CT molecular complexity index is 725. The van der Waals surface area contributed by atoms with E-state index >= 15 is 0 Å². The van der Waals surface area contributed by atoms with Crippen LogP contribution in [0.3, 0.4) is 0 Å². The number of ether oxygens (including phenoxy) is 1. The largest absolute Gasteiger partial charge is 0.508 e. The number of esters is 1. The van der Waals surface area contributed by atoms with Crippen LogP contribution in [0.15, 0.2) is 54.1 Å². The summed E-state index contributed by atoms with van der Waals surface area (Å²) in [5.74, 6) is 0.163. The minimum absolute atomic E-state index is 0.113. The summed E-state index contributed by atoms with van der Waals surface area (Å²) < 4.78 is 4.93. The number of allylic oxidation sites excluding steroid dienone is 1. The lowest BCUT2D eigenvalue weighted by atomic mass is 9.80.